The molecule has 0 aromatic heterocycles. The van der Waals surface area contributed by atoms with Crippen molar-refractivity contribution in [1.29, 1.82) is 5.26 Å². The molecule has 1 aromatic rings. The summed E-state index contributed by atoms with van der Waals surface area (Å²) in [6.45, 7) is 0.487. The monoisotopic (exact) mass is 234 g/mol. The lowest BCUT2D eigenvalue weighted by atomic mass is 10.1. The van der Waals surface area contributed by atoms with Gasteiger partial charge in [0.25, 0.3) is 0 Å². The number of ether oxygens (including phenoxy) is 1. The molecule has 0 bridgehead atoms. The van der Waals surface area contributed by atoms with Crippen LogP contribution in [0.5, 0.6) is 5.75 Å². The van der Waals surface area contributed by atoms with Gasteiger partial charge in [0.05, 0.1) is 18.4 Å². The minimum Gasteiger partial charge on any atom is -0.495 e. The molecular weight excluding hydrogens is 220 g/mol. The summed E-state index contributed by atoms with van der Waals surface area (Å²) in [7, 11) is 1.53. The SMILES string of the molecule is COc1cccc(C#N)c1NCCCC(=O)O. The fraction of sp³-hybridized carbons (Fsp3) is 0.333. The zero-order valence-corrected chi connectivity index (χ0v) is 9.56. The topological polar surface area (TPSA) is 82.3 Å². The molecule has 0 atom stereocenters. The van der Waals surface area contributed by atoms with Gasteiger partial charge in [0.2, 0.25) is 0 Å². The van der Waals surface area contributed by atoms with E-state index in [0.29, 0.717) is 30.0 Å². The highest BCUT2D eigenvalue weighted by atomic mass is 16.5. The lowest BCUT2D eigenvalue weighted by Gasteiger charge is -2.11. The summed E-state index contributed by atoms with van der Waals surface area (Å²) in [6.07, 6.45) is 0.599. The smallest absolute Gasteiger partial charge is 0.303 e. The number of nitrogens with one attached hydrogen (secondary N) is 1. The number of anilines is 1. The normalized spacial score (nSPS) is 9.41. The Labute approximate surface area is 99.6 Å². The zero-order chi connectivity index (χ0) is 12.7. The molecule has 5 heteroatoms. The highest BCUT2D eigenvalue weighted by Crippen LogP contribution is 2.27. The number of aliphatic carboxylic acids is 1. The number of hydrogen-bond acceptors (Lipinski definition) is 4. The van der Waals surface area contributed by atoms with E-state index in [2.05, 4.69) is 11.4 Å². The van der Waals surface area contributed by atoms with Crippen LogP contribution < -0.4 is 10.1 Å². The minimum absolute atomic E-state index is 0.101. The van der Waals surface area contributed by atoms with Crippen LogP contribution >= 0.6 is 0 Å². The Kier molecular flexibility index (Phi) is 4.82. The van der Waals surface area contributed by atoms with Crippen LogP contribution in [0, 0.1) is 11.3 Å². The number of carboxylic acid groups (broad SMARTS) is 1. The summed E-state index contributed by atoms with van der Waals surface area (Å²) in [6, 6.07) is 7.23. The van der Waals surface area contributed by atoms with Gasteiger partial charge >= 0.3 is 5.97 Å². The summed E-state index contributed by atoms with van der Waals surface area (Å²) in [5.41, 5.74) is 1.10. The summed E-state index contributed by atoms with van der Waals surface area (Å²) < 4.78 is 5.14. The molecule has 0 unspecified atom stereocenters. The van der Waals surface area contributed by atoms with Crippen LogP contribution in [0.3, 0.4) is 0 Å². The highest BCUT2D eigenvalue weighted by Gasteiger charge is 2.07. The van der Waals surface area contributed by atoms with Crippen LogP contribution in [0.15, 0.2) is 18.2 Å². The number of carbonyl (C=O) groups is 1. The van der Waals surface area contributed by atoms with Gasteiger partial charge in [-0.15, -0.1) is 0 Å². The molecule has 90 valence electrons. The molecule has 0 aliphatic heterocycles. The number of carboxylic acids is 1. The van der Waals surface area contributed by atoms with E-state index in [0.717, 1.165) is 0 Å². The maximum absolute atomic E-state index is 10.4. The number of nitriles is 1. The molecule has 0 radical (unpaired) electrons. The van der Waals surface area contributed by atoms with Crippen LogP contribution in [0.25, 0.3) is 0 Å². The largest absolute Gasteiger partial charge is 0.495 e. The van der Waals surface area contributed by atoms with Crippen molar-refractivity contribution in [1.82, 2.24) is 0 Å². The lowest BCUT2D eigenvalue weighted by molar-refractivity contribution is -0.137. The highest BCUT2D eigenvalue weighted by molar-refractivity contribution is 5.67. The second-order valence-electron chi connectivity index (χ2n) is 3.42. The third kappa shape index (κ3) is 3.68. The number of hydrogen-bond donors (Lipinski definition) is 2. The van der Waals surface area contributed by atoms with Gasteiger partial charge in [-0.2, -0.15) is 5.26 Å². The van der Waals surface area contributed by atoms with E-state index in [1.807, 2.05) is 0 Å². The number of methoxy groups -OCH3 is 1. The van der Waals surface area contributed by atoms with Gasteiger partial charge in [-0.1, -0.05) is 6.07 Å². The Hall–Kier alpha value is -2.22. The second-order valence-corrected chi connectivity index (χ2v) is 3.42. The average Bonchev–Trinajstić information content (AvgIpc) is 2.34. The first-order chi connectivity index (χ1) is 8.19. The van der Waals surface area contributed by atoms with Crippen molar-refractivity contribution in [2.45, 2.75) is 12.8 Å². The molecule has 0 fully saturated rings. The van der Waals surface area contributed by atoms with Gasteiger partial charge in [0.15, 0.2) is 0 Å². The van der Waals surface area contributed by atoms with Crippen LogP contribution in [-0.2, 0) is 4.79 Å². The first-order valence-corrected chi connectivity index (χ1v) is 5.21. The van der Waals surface area contributed by atoms with Gasteiger partial charge in [-0.3, -0.25) is 4.79 Å². The van der Waals surface area contributed by atoms with Gasteiger partial charge in [-0.25, -0.2) is 0 Å². The molecule has 0 spiro atoms. The second kappa shape index (κ2) is 6.38. The Morgan fingerprint density at radius 2 is 2.35 bits per heavy atom. The van der Waals surface area contributed by atoms with Crippen LogP contribution in [-0.4, -0.2) is 24.7 Å². The van der Waals surface area contributed by atoms with E-state index in [1.54, 1.807) is 18.2 Å². The predicted molar refractivity (Wildman–Crippen MR) is 63.1 cm³/mol. The predicted octanol–water partition coefficient (Wildman–Crippen LogP) is 1.84. The summed E-state index contributed by atoms with van der Waals surface area (Å²) in [4.78, 5) is 10.4. The van der Waals surface area contributed by atoms with Crippen molar-refractivity contribution in [3.8, 4) is 11.8 Å². The van der Waals surface area contributed by atoms with Crippen molar-refractivity contribution in [2.24, 2.45) is 0 Å². The summed E-state index contributed by atoms with van der Waals surface area (Å²) in [5.74, 6) is -0.244. The van der Waals surface area contributed by atoms with E-state index >= 15 is 0 Å². The Bertz CT molecular complexity index is 438. The van der Waals surface area contributed by atoms with Crippen molar-refractivity contribution < 1.29 is 14.6 Å². The maximum Gasteiger partial charge on any atom is 0.303 e. The van der Waals surface area contributed by atoms with E-state index in [9.17, 15) is 4.79 Å². The van der Waals surface area contributed by atoms with E-state index in [1.165, 1.54) is 7.11 Å². The molecule has 1 rings (SSSR count). The first-order valence-electron chi connectivity index (χ1n) is 5.21. The first kappa shape index (κ1) is 12.8. The van der Waals surface area contributed by atoms with Gasteiger partial charge in [0.1, 0.15) is 11.8 Å². The Morgan fingerprint density at radius 3 is 2.94 bits per heavy atom. The molecule has 0 aliphatic rings. The van der Waals surface area contributed by atoms with Crippen molar-refractivity contribution >= 4 is 11.7 Å². The van der Waals surface area contributed by atoms with Crippen molar-refractivity contribution in [2.75, 3.05) is 19.0 Å². The quantitative estimate of drug-likeness (QED) is 0.734. The third-order valence-electron chi connectivity index (χ3n) is 2.24. The average molecular weight is 234 g/mol. The molecule has 0 amide bonds. The van der Waals surface area contributed by atoms with Crippen molar-refractivity contribution in [3.63, 3.8) is 0 Å². The fourth-order valence-corrected chi connectivity index (χ4v) is 1.43. The van der Waals surface area contributed by atoms with Gasteiger partial charge in [0, 0.05) is 13.0 Å². The van der Waals surface area contributed by atoms with E-state index in [-0.39, 0.29) is 6.42 Å². The van der Waals surface area contributed by atoms with E-state index in [4.69, 9.17) is 15.1 Å². The third-order valence-corrected chi connectivity index (χ3v) is 2.24. The Balaban J connectivity index is 2.68. The zero-order valence-electron chi connectivity index (χ0n) is 9.56. The van der Waals surface area contributed by atoms with Crippen LogP contribution in [0.2, 0.25) is 0 Å². The van der Waals surface area contributed by atoms with Crippen LogP contribution in [0.4, 0.5) is 5.69 Å². The molecule has 5 nitrogen and oxygen atoms in total. The number of rotatable bonds is 6. The van der Waals surface area contributed by atoms with E-state index < -0.39 is 5.97 Å². The molecule has 1 aromatic carbocycles. The molecule has 2 N–H and O–H groups in total. The molecule has 17 heavy (non-hydrogen) atoms. The molecular formula is C12H14N2O3. The maximum atomic E-state index is 10.4. The van der Waals surface area contributed by atoms with Gasteiger partial charge < -0.3 is 15.2 Å². The standard InChI is InChI=1S/C12H14N2O3/c1-17-10-5-2-4-9(8-13)12(10)14-7-3-6-11(15)16/h2,4-5,14H,3,6-7H2,1H3,(H,15,16). The minimum atomic E-state index is -0.827. The van der Waals surface area contributed by atoms with Crippen molar-refractivity contribution in [3.05, 3.63) is 23.8 Å². The number of benzene rings is 1. The molecule has 0 heterocycles. The molecule has 0 saturated heterocycles. The molecule has 0 aliphatic carbocycles. The van der Waals surface area contributed by atoms with Crippen LogP contribution in [0.1, 0.15) is 18.4 Å². The summed E-state index contributed by atoms with van der Waals surface area (Å²) >= 11 is 0. The van der Waals surface area contributed by atoms with Gasteiger partial charge in [-0.05, 0) is 18.6 Å². The number of para-hydroxylation sites is 1. The molecule has 0 saturated carbocycles. The fourth-order valence-electron chi connectivity index (χ4n) is 1.43. The summed E-state index contributed by atoms with van der Waals surface area (Å²) in [5, 5.41) is 20.5. The Morgan fingerprint density at radius 1 is 1.59 bits per heavy atom. The number of nitrogens with zero attached hydrogens (tertiary/aromatic N) is 1. The lowest BCUT2D eigenvalue weighted by Crippen LogP contribution is -2.07.